The van der Waals surface area contributed by atoms with E-state index in [-0.39, 0.29) is 0 Å². The maximum atomic E-state index is 11.7. The highest BCUT2D eigenvalue weighted by molar-refractivity contribution is 7.99. The molecule has 0 aliphatic heterocycles. The largest absolute Gasteiger partial charge is 0.300 e. The molecule has 0 aromatic heterocycles. The van der Waals surface area contributed by atoms with E-state index in [0.717, 1.165) is 12.2 Å². The van der Waals surface area contributed by atoms with E-state index < -0.39 is 0 Å². The molecule has 2 heteroatoms. The van der Waals surface area contributed by atoms with Crippen LogP contribution in [0.1, 0.15) is 57.9 Å². The molecule has 0 unspecified atom stereocenters. The molecule has 1 atom stereocenters. The molecule has 0 spiro atoms. The van der Waals surface area contributed by atoms with Crippen LogP contribution in [0, 0.1) is 0 Å². The number of carbonyl (C=O) groups is 1. The average molecular weight is 278 g/mol. The fraction of sp³-hybridized carbons (Fsp3) is 0.588. The molecular weight excluding hydrogens is 252 g/mol. The van der Waals surface area contributed by atoms with Crippen LogP contribution in [0.4, 0.5) is 0 Å². The molecule has 0 saturated heterocycles. The number of ketones is 1. The van der Waals surface area contributed by atoms with Crippen molar-refractivity contribution < 1.29 is 4.79 Å². The Bertz CT molecular complexity index is 348. The summed E-state index contributed by atoms with van der Waals surface area (Å²) in [6.45, 7) is 4.19. The van der Waals surface area contributed by atoms with Gasteiger partial charge in [-0.25, -0.2) is 0 Å². The zero-order valence-corrected chi connectivity index (χ0v) is 13.0. The number of Topliss-reactive ketones (excluding diaryl/α,β-unsaturated/α-hetero) is 1. The second kappa shape index (κ2) is 10.1. The molecule has 1 nitrogen and oxygen atoms in total. The van der Waals surface area contributed by atoms with Crippen molar-refractivity contribution in [3.63, 3.8) is 0 Å². The van der Waals surface area contributed by atoms with Crippen molar-refractivity contribution in [2.24, 2.45) is 0 Å². The lowest BCUT2D eigenvalue weighted by Crippen LogP contribution is -2.10. The summed E-state index contributed by atoms with van der Waals surface area (Å²) in [6.07, 6.45) is 6.38. The maximum absolute atomic E-state index is 11.7. The minimum absolute atomic E-state index is 0.405. The first-order valence-electron chi connectivity index (χ1n) is 7.43. The minimum atomic E-state index is 0.405. The molecule has 19 heavy (non-hydrogen) atoms. The van der Waals surface area contributed by atoms with Gasteiger partial charge in [0.05, 0.1) is 0 Å². The van der Waals surface area contributed by atoms with Gasteiger partial charge in [0.15, 0.2) is 0 Å². The van der Waals surface area contributed by atoms with E-state index in [2.05, 4.69) is 31.2 Å². The second-order valence-corrected chi connectivity index (χ2v) is 6.30. The number of benzene rings is 1. The highest BCUT2D eigenvalue weighted by Gasteiger charge is 2.13. The van der Waals surface area contributed by atoms with Gasteiger partial charge in [0, 0.05) is 23.8 Å². The molecule has 0 aliphatic carbocycles. The van der Waals surface area contributed by atoms with Gasteiger partial charge in [-0.2, -0.15) is 11.8 Å². The molecule has 1 aromatic carbocycles. The van der Waals surface area contributed by atoms with E-state index in [1.165, 1.54) is 31.2 Å². The highest BCUT2D eigenvalue weighted by atomic mass is 32.2. The lowest BCUT2D eigenvalue weighted by Gasteiger charge is -2.15. The van der Waals surface area contributed by atoms with Gasteiger partial charge in [-0.1, -0.05) is 63.4 Å². The molecule has 0 radical (unpaired) electrons. The summed E-state index contributed by atoms with van der Waals surface area (Å²) in [4.78, 5) is 11.7. The topological polar surface area (TPSA) is 17.1 Å². The van der Waals surface area contributed by atoms with Crippen LogP contribution in [-0.4, -0.2) is 11.0 Å². The Morgan fingerprint density at radius 2 is 1.89 bits per heavy atom. The van der Waals surface area contributed by atoms with Gasteiger partial charge in [0.1, 0.15) is 5.78 Å². The van der Waals surface area contributed by atoms with Crippen LogP contribution in [0.25, 0.3) is 0 Å². The van der Waals surface area contributed by atoms with E-state index in [1.54, 1.807) is 0 Å². The van der Waals surface area contributed by atoms with Crippen LogP contribution in [0.15, 0.2) is 30.3 Å². The van der Waals surface area contributed by atoms with E-state index in [9.17, 15) is 4.79 Å². The first-order valence-corrected chi connectivity index (χ1v) is 8.48. The fourth-order valence-electron chi connectivity index (χ4n) is 2.05. The van der Waals surface area contributed by atoms with Gasteiger partial charge in [0.2, 0.25) is 0 Å². The van der Waals surface area contributed by atoms with Crippen LogP contribution in [0.3, 0.4) is 0 Å². The van der Waals surface area contributed by atoms with E-state index in [1.807, 2.05) is 24.8 Å². The standard InChI is InChI=1S/C17H26OS/c1-3-5-7-12-17(13-16(18)4-2)19-14-15-10-8-6-9-11-15/h6,8-11,17H,3-5,7,12-14H2,1-2H3/t17-/m0/s1. The summed E-state index contributed by atoms with van der Waals surface area (Å²) in [6, 6.07) is 10.5. The summed E-state index contributed by atoms with van der Waals surface area (Å²) < 4.78 is 0. The van der Waals surface area contributed by atoms with Crippen LogP contribution in [0.5, 0.6) is 0 Å². The Morgan fingerprint density at radius 1 is 1.16 bits per heavy atom. The molecule has 0 heterocycles. The second-order valence-electron chi connectivity index (χ2n) is 5.01. The Balaban J connectivity index is 2.41. The zero-order valence-electron chi connectivity index (χ0n) is 12.2. The van der Waals surface area contributed by atoms with Crippen molar-refractivity contribution in [2.45, 2.75) is 63.4 Å². The lowest BCUT2D eigenvalue weighted by atomic mass is 10.1. The SMILES string of the molecule is CCCCC[C@@H](CC(=O)CC)SCc1ccccc1. The van der Waals surface area contributed by atoms with Crippen LogP contribution >= 0.6 is 11.8 Å². The van der Waals surface area contributed by atoms with E-state index in [4.69, 9.17) is 0 Å². The maximum Gasteiger partial charge on any atom is 0.133 e. The van der Waals surface area contributed by atoms with Crippen LogP contribution in [-0.2, 0) is 10.5 Å². The van der Waals surface area contributed by atoms with Gasteiger partial charge in [-0.3, -0.25) is 4.79 Å². The summed E-state index contributed by atoms with van der Waals surface area (Å²) >= 11 is 1.95. The number of hydrogen-bond donors (Lipinski definition) is 0. The molecule has 106 valence electrons. The minimum Gasteiger partial charge on any atom is -0.300 e. The Kier molecular flexibility index (Phi) is 8.64. The predicted octanol–water partition coefficient (Wildman–Crippen LogP) is 5.24. The molecule has 1 rings (SSSR count). The number of rotatable bonds is 10. The molecule has 0 N–H and O–H groups in total. The molecule has 0 aliphatic rings. The summed E-state index contributed by atoms with van der Waals surface area (Å²) in [5, 5.41) is 0.499. The van der Waals surface area contributed by atoms with Gasteiger partial charge in [-0.15, -0.1) is 0 Å². The normalized spacial score (nSPS) is 12.3. The third kappa shape index (κ3) is 7.41. The Labute approximate surface area is 122 Å². The highest BCUT2D eigenvalue weighted by Crippen LogP contribution is 2.25. The predicted molar refractivity (Wildman–Crippen MR) is 85.6 cm³/mol. The summed E-state index contributed by atoms with van der Waals surface area (Å²) in [7, 11) is 0. The van der Waals surface area contributed by atoms with E-state index in [0.29, 0.717) is 17.5 Å². The van der Waals surface area contributed by atoms with Crippen molar-refractivity contribution in [2.75, 3.05) is 0 Å². The smallest absolute Gasteiger partial charge is 0.133 e. The monoisotopic (exact) mass is 278 g/mol. The Morgan fingerprint density at radius 3 is 2.53 bits per heavy atom. The van der Waals surface area contributed by atoms with Gasteiger partial charge in [0.25, 0.3) is 0 Å². The summed E-state index contributed by atoms with van der Waals surface area (Å²) in [5.74, 6) is 1.43. The third-order valence-electron chi connectivity index (χ3n) is 3.31. The molecular formula is C17H26OS. The quantitative estimate of drug-likeness (QED) is 0.545. The first-order chi connectivity index (χ1) is 9.26. The number of hydrogen-bond acceptors (Lipinski definition) is 2. The average Bonchev–Trinajstić information content (AvgIpc) is 2.45. The van der Waals surface area contributed by atoms with Crippen molar-refractivity contribution in [1.29, 1.82) is 0 Å². The number of unbranched alkanes of at least 4 members (excludes halogenated alkanes) is 2. The van der Waals surface area contributed by atoms with Gasteiger partial charge >= 0.3 is 0 Å². The third-order valence-corrected chi connectivity index (χ3v) is 4.68. The van der Waals surface area contributed by atoms with Crippen LogP contribution < -0.4 is 0 Å². The summed E-state index contributed by atoms with van der Waals surface area (Å²) in [5.41, 5.74) is 1.36. The molecule has 0 fully saturated rings. The van der Waals surface area contributed by atoms with Crippen molar-refractivity contribution in [3.05, 3.63) is 35.9 Å². The molecule has 0 bridgehead atoms. The first kappa shape index (κ1) is 16.3. The van der Waals surface area contributed by atoms with Crippen molar-refractivity contribution >= 4 is 17.5 Å². The molecule has 0 saturated carbocycles. The Hall–Kier alpha value is -0.760. The van der Waals surface area contributed by atoms with Gasteiger partial charge < -0.3 is 0 Å². The fourth-order valence-corrected chi connectivity index (χ4v) is 3.31. The van der Waals surface area contributed by atoms with Crippen LogP contribution in [0.2, 0.25) is 0 Å². The molecule has 0 amide bonds. The zero-order chi connectivity index (χ0) is 13.9. The molecule has 1 aromatic rings. The number of carbonyl (C=O) groups excluding carboxylic acids is 1. The lowest BCUT2D eigenvalue weighted by molar-refractivity contribution is -0.118. The van der Waals surface area contributed by atoms with Gasteiger partial charge in [-0.05, 0) is 12.0 Å². The van der Waals surface area contributed by atoms with Crippen molar-refractivity contribution in [3.8, 4) is 0 Å². The van der Waals surface area contributed by atoms with E-state index >= 15 is 0 Å². The number of thioether (sulfide) groups is 1. The van der Waals surface area contributed by atoms with Crippen molar-refractivity contribution in [1.82, 2.24) is 0 Å².